The lowest BCUT2D eigenvalue weighted by Crippen LogP contribution is -2.45. The summed E-state index contributed by atoms with van der Waals surface area (Å²) < 4.78 is 16.7. The minimum atomic E-state index is -0.178. The van der Waals surface area contributed by atoms with Crippen LogP contribution in [0.1, 0.15) is 35.3 Å². The fourth-order valence-corrected chi connectivity index (χ4v) is 3.87. The molecule has 166 valence electrons. The number of ether oxygens (including phenoxy) is 3. The molecule has 1 saturated heterocycles. The van der Waals surface area contributed by atoms with Crippen molar-refractivity contribution < 1.29 is 19.0 Å². The number of aromatic nitrogens is 1. The van der Waals surface area contributed by atoms with E-state index in [0.29, 0.717) is 30.0 Å². The van der Waals surface area contributed by atoms with Gasteiger partial charge in [0.05, 0.1) is 32.0 Å². The number of rotatable bonds is 8. The van der Waals surface area contributed by atoms with Gasteiger partial charge in [0, 0.05) is 31.4 Å². The summed E-state index contributed by atoms with van der Waals surface area (Å²) in [6.07, 6.45) is 4.38. The van der Waals surface area contributed by atoms with Crippen LogP contribution in [0.3, 0.4) is 0 Å². The van der Waals surface area contributed by atoms with E-state index in [1.807, 2.05) is 24.3 Å². The van der Waals surface area contributed by atoms with Gasteiger partial charge in [0.25, 0.3) is 5.91 Å². The van der Waals surface area contributed by atoms with Crippen LogP contribution in [0.5, 0.6) is 11.5 Å². The summed E-state index contributed by atoms with van der Waals surface area (Å²) in [4.78, 5) is 19.3. The number of amides is 1. The maximum absolute atomic E-state index is 12.6. The number of carbonyl (C=O) groups excluding carboxylic acids is 1. The van der Waals surface area contributed by atoms with E-state index in [4.69, 9.17) is 14.2 Å². The predicted molar refractivity (Wildman–Crippen MR) is 121 cm³/mol. The van der Waals surface area contributed by atoms with Gasteiger partial charge >= 0.3 is 0 Å². The SMILES string of the molecule is C=CCc1cc(CNC(=O)c2ccc(N3C[C@@H](C)O[C@@H](C)C3)nc2)cc(OC)c1OC. The summed E-state index contributed by atoms with van der Waals surface area (Å²) in [6, 6.07) is 7.55. The Balaban J connectivity index is 1.67. The highest BCUT2D eigenvalue weighted by molar-refractivity contribution is 5.94. The molecule has 1 N–H and O–H groups in total. The van der Waals surface area contributed by atoms with Crippen LogP contribution in [0.25, 0.3) is 0 Å². The monoisotopic (exact) mass is 425 g/mol. The number of anilines is 1. The summed E-state index contributed by atoms with van der Waals surface area (Å²) >= 11 is 0. The minimum absolute atomic E-state index is 0.154. The van der Waals surface area contributed by atoms with Gasteiger partial charge in [-0.1, -0.05) is 6.08 Å². The molecule has 1 aromatic carbocycles. The van der Waals surface area contributed by atoms with Crippen molar-refractivity contribution in [3.05, 3.63) is 59.8 Å². The van der Waals surface area contributed by atoms with Crippen LogP contribution in [-0.2, 0) is 17.7 Å². The van der Waals surface area contributed by atoms with Gasteiger partial charge < -0.3 is 24.4 Å². The molecule has 0 bridgehead atoms. The molecule has 0 radical (unpaired) electrons. The second-order valence-corrected chi connectivity index (χ2v) is 7.73. The second-order valence-electron chi connectivity index (χ2n) is 7.73. The summed E-state index contributed by atoms with van der Waals surface area (Å²) in [5.74, 6) is 1.99. The Morgan fingerprint density at radius 3 is 2.58 bits per heavy atom. The normalized spacial score (nSPS) is 18.4. The Hall–Kier alpha value is -3.06. The number of nitrogens with one attached hydrogen (secondary N) is 1. The fraction of sp³-hybridized carbons (Fsp3) is 0.417. The lowest BCUT2D eigenvalue weighted by Gasteiger charge is -2.36. The molecule has 1 amide bonds. The van der Waals surface area contributed by atoms with Crippen molar-refractivity contribution >= 4 is 11.7 Å². The predicted octanol–water partition coefficient (Wildman–Crippen LogP) is 3.37. The van der Waals surface area contributed by atoms with E-state index in [0.717, 1.165) is 30.0 Å². The lowest BCUT2D eigenvalue weighted by molar-refractivity contribution is -0.00546. The van der Waals surface area contributed by atoms with E-state index in [1.54, 1.807) is 26.5 Å². The molecule has 2 heterocycles. The summed E-state index contributed by atoms with van der Waals surface area (Å²) in [5.41, 5.74) is 2.40. The van der Waals surface area contributed by atoms with Gasteiger partial charge in [-0.25, -0.2) is 4.98 Å². The van der Waals surface area contributed by atoms with Gasteiger partial charge in [-0.2, -0.15) is 0 Å². The van der Waals surface area contributed by atoms with Crippen LogP contribution in [0.4, 0.5) is 5.82 Å². The van der Waals surface area contributed by atoms with Crippen LogP contribution >= 0.6 is 0 Å². The molecule has 3 rings (SSSR count). The van der Waals surface area contributed by atoms with Crippen LogP contribution in [-0.4, -0.2) is 50.4 Å². The van der Waals surface area contributed by atoms with Crippen LogP contribution in [0.15, 0.2) is 43.1 Å². The topological polar surface area (TPSA) is 72.9 Å². The molecule has 7 nitrogen and oxygen atoms in total. The Kier molecular flexibility index (Phi) is 7.52. The molecular weight excluding hydrogens is 394 g/mol. The van der Waals surface area contributed by atoms with Crippen molar-refractivity contribution in [1.29, 1.82) is 0 Å². The van der Waals surface area contributed by atoms with Crippen LogP contribution < -0.4 is 19.7 Å². The van der Waals surface area contributed by atoms with Crippen molar-refractivity contribution in [3.8, 4) is 11.5 Å². The third-order valence-corrected chi connectivity index (χ3v) is 5.19. The number of hydrogen-bond donors (Lipinski definition) is 1. The molecule has 2 atom stereocenters. The zero-order valence-electron chi connectivity index (χ0n) is 18.7. The van der Waals surface area contributed by atoms with E-state index < -0.39 is 0 Å². The van der Waals surface area contributed by atoms with Gasteiger partial charge in [0.1, 0.15) is 5.82 Å². The first kappa shape index (κ1) is 22.6. The molecule has 0 unspecified atom stereocenters. The third-order valence-electron chi connectivity index (χ3n) is 5.19. The average molecular weight is 426 g/mol. The number of carbonyl (C=O) groups is 1. The highest BCUT2D eigenvalue weighted by Crippen LogP contribution is 2.33. The van der Waals surface area contributed by atoms with E-state index in [-0.39, 0.29) is 18.1 Å². The highest BCUT2D eigenvalue weighted by atomic mass is 16.5. The van der Waals surface area contributed by atoms with E-state index in [9.17, 15) is 4.79 Å². The Morgan fingerprint density at radius 1 is 1.26 bits per heavy atom. The Morgan fingerprint density at radius 2 is 2.00 bits per heavy atom. The minimum Gasteiger partial charge on any atom is -0.493 e. The summed E-state index contributed by atoms with van der Waals surface area (Å²) in [6.45, 7) is 9.84. The van der Waals surface area contributed by atoms with Crippen molar-refractivity contribution in [1.82, 2.24) is 10.3 Å². The van der Waals surface area contributed by atoms with E-state index >= 15 is 0 Å². The number of morpholine rings is 1. The Labute approximate surface area is 184 Å². The maximum atomic E-state index is 12.6. The average Bonchev–Trinajstić information content (AvgIpc) is 2.76. The zero-order valence-corrected chi connectivity index (χ0v) is 18.7. The molecule has 0 spiro atoms. The van der Waals surface area contributed by atoms with Gasteiger partial charge in [-0.15, -0.1) is 6.58 Å². The molecule has 1 aliphatic rings. The second kappa shape index (κ2) is 10.3. The molecular formula is C24H31N3O4. The number of benzene rings is 1. The first-order chi connectivity index (χ1) is 14.9. The maximum Gasteiger partial charge on any atom is 0.253 e. The molecule has 7 heteroatoms. The molecule has 1 fully saturated rings. The number of methoxy groups -OCH3 is 2. The smallest absolute Gasteiger partial charge is 0.253 e. The van der Waals surface area contributed by atoms with Gasteiger partial charge in [0.2, 0.25) is 0 Å². The van der Waals surface area contributed by atoms with Crippen molar-refractivity contribution in [2.75, 3.05) is 32.2 Å². The molecule has 0 aliphatic carbocycles. The largest absolute Gasteiger partial charge is 0.493 e. The highest BCUT2D eigenvalue weighted by Gasteiger charge is 2.23. The lowest BCUT2D eigenvalue weighted by atomic mass is 10.1. The molecule has 1 aromatic heterocycles. The van der Waals surface area contributed by atoms with Crippen molar-refractivity contribution in [3.63, 3.8) is 0 Å². The quantitative estimate of drug-likeness (QED) is 0.654. The third kappa shape index (κ3) is 5.55. The molecule has 2 aromatic rings. The Bertz CT molecular complexity index is 904. The van der Waals surface area contributed by atoms with Gasteiger partial charge in [-0.3, -0.25) is 4.79 Å². The van der Waals surface area contributed by atoms with Crippen molar-refractivity contribution in [2.24, 2.45) is 0 Å². The number of pyridine rings is 1. The fourth-order valence-electron chi connectivity index (χ4n) is 3.87. The first-order valence-electron chi connectivity index (χ1n) is 10.4. The van der Waals surface area contributed by atoms with Gasteiger partial charge in [0.15, 0.2) is 11.5 Å². The number of hydrogen-bond acceptors (Lipinski definition) is 6. The molecule has 31 heavy (non-hydrogen) atoms. The number of allylic oxidation sites excluding steroid dienone is 1. The van der Waals surface area contributed by atoms with E-state index in [2.05, 4.69) is 35.6 Å². The first-order valence-corrected chi connectivity index (χ1v) is 10.4. The van der Waals surface area contributed by atoms with Crippen LogP contribution in [0, 0.1) is 0 Å². The summed E-state index contributed by atoms with van der Waals surface area (Å²) in [5, 5.41) is 2.95. The van der Waals surface area contributed by atoms with Crippen LogP contribution in [0.2, 0.25) is 0 Å². The molecule has 0 saturated carbocycles. The number of nitrogens with zero attached hydrogens (tertiary/aromatic N) is 2. The molecule has 1 aliphatic heterocycles. The standard InChI is InChI=1S/C24H31N3O4/c1-6-7-19-10-18(11-21(29-4)23(19)30-5)12-26-24(28)20-8-9-22(25-13-20)27-14-16(2)31-17(3)15-27/h6,8-11,13,16-17H,1,7,12,14-15H2,2-5H3,(H,26,28)/t16-,17+. The zero-order chi connectivity index (χ0) is 22.4. The van der Waals surface area contributed by atoms with Crippen molar-refractivity contribution in [2.45, 2.75) is 39.0 Å². The van der Waals surface area contributed by atoms with Gasteiger partial charge in [-0.05, 0) is 50.1 Å². The summed E-state index contributed by atoms with van der Waals surface area (Å²) in [7, 11) is 3.21. The van der Waals surface area contributed by atoms with E-state index in [1.165, 1.54) is 0 Å².